The van der Waals surface area contributed by atoms with Crippen LogP contribution < -0.4 is 10.6 Å². The van der Waals surface area contributed by atoms with E-state index in [-0.39, 0.29) is 24.0 Å². The van der Waals surface area contributed by atoms with Gasteiger partial charge in [-0.2, -0.15) is 0 Å². The number of β-lactam (4-membered cyclic amide) rings is 1. The Balaban J connectivity index is 1.76. The smallest absolute Gasteiger partial charge is 0.430 e. The summed E-state index contributed by atoms with van der Waals surface area (Å²) in [5.41, 5.74) is 0.813. The van der Waals surface area contributed by atoms with Gasteiger partial charge in [0.25, 0.3) is 0 Å². The quantitative estimate of drug-likeness (QED) is 0.316. The van der Waals surface area contributed by atoms with Crippen LogP contribution in [0, 0.1) is 0 Å². The number of benzene rings is 1. The first-order valence-electron chi connectivity index (χ1n) is 8.39. The third-order valence-electron chi connectivity index (χ3n) is 3.64. The molecular weight excluding hydrogens is 470 g/mol. The number of rotatable bonds is 9. The summed E-state index contributed by atoms with van der Waals surface area (Å²) in [6.45, 7) is -1.52. The van der Waals surface area contributed by atoms with Crippen LogP contribution in [0.3, 0.4) is 0 Å². The lowest BCUT2D eigenvalue weighted by Crippen LogP contribution is -2.68. The van der Waals surface area contributed by atoms with Gasteiger partial charge < -0.3 is 20.1 Å². The Morgan fingerprint density at radius 2 is 1.97 bits per heavy atom. The summed E-state index contributed by atoms with van der Waals surface area (Å²) in [6.07, 6.45) is -2.17. The molecule has 1 aromatic rings. The van der Waals surface area contributed by atoms with Crippen LogP contribution in [0.5, 0.6) is 0 Å². The fraction of sp³-hybridized carbons (Fsp3) is 0.471. The van der Waals surface area contributed by atoms with Crippen LogP contribution >= 0.6 is 46.6 Å². The van der Waals surface area contributed by atoms with E-state index >= 15 is 0 Å². The number of amides is 2. The van der Waals surface area contributed by atoms with E-state index in [4.69, 9.17) is 39.5 Å². The second-order valence-electron chi connectivity index (χ2n) is 6.02. The topological polar surface area (TPSA) is 93.7 Å². The standard InChI is InChI=1S/C17H18Cl3FN2O5S/c18-17(19,20)9-27-16(26)28-11(7-21)8-29-15-13(14(25)23-15)22-12(24)6-10-4-2-1-3-5-10/h1-5,11,13,15H,6-9H2,(H,22,24)(H,23,25)/t11?,13-,15-/m1/s1. The Morgan fingerprint density at radius 1 is 1.28 bits per heavy atom. The van der Waals surface area contributed by atoms with E-state index < -0.39 is 40.7 Å². The van der Waals surface area contributed by atoms with Crippen molar-refractivity contribution < 1.29 is 28.2 Å². The molecule has 2 rings (SSSR count). The average molecular weight is 488 g/mol. The molecule has 1 aliphatic heterocycles. The summed E-state index contributed by atoms with van der Waals surface area (Å²) in [6, 6.07) is 8.31. The minimum Gasteiger partial charge on any atom is -0.430 e. The Labute approximate surface area is 185 Å². The highest BCUT2D eigenvalue weighted by Gasteiger charge is 2.41. The number of thioether (sulfide) groups is 1. The number of ether oxygens (including phenoxy) is 2. The van der Waals surface area contributed by atoms with E-state index in [2.05, 4.69) is 15.4 Å². The second-order valence-corrected chi connectivity index (χ2v) is 9.71. The molecule has 29 heavy (non-hydrogen) atoms. The zero-order valence-electron chi connectivity index (χ0n) is 14.9. The van der Waals surface area contributed by atoms with Crippen molar-refractivity contribution in [1.82, 2.24) is 10.6 Å². The molecule has 160 valence electrons. The predicted octanol–water partition coefficient (Wildman–Crippen LogP) is 2.76. The first kappa shape index (κ1) is 23.9. The summed E-state index contributed by atoms with van der Waals surface area (Å²) in [5, 5.41) is 4.77. The van der Waals surface area contributed by atoms with Gasteiger partial charge in [-0.05, 0) is 5.56 Å². The number of hydrogen-bond donors (Lipinski definition) is 2. The maximum atomic E-state index is 13.1. The molecule has 1 aliphatic rings. The third kappa shape index (κ3) is 8.46. The fourth-order valence-corrected chi connectivity index (χ4v) is 3.60. The van der Waals surface area contributed by atoms with Crippen LogP contribution in [0.25, 0.3) is 0 Å². The van der Waals surface area contributed by atoms with Gasteiger partial charge in [-0.25, -0.2) is 9.18 Å². The molecule has 0 aliphatic carbocycles. The first-order valence-corrected chi connectivity index (χ1v) is 10.6. The van der Waals surface area contributed by atoms with Gasteiger partial charge in [-0.15, -0.1) is 11.8 Å². The SMILES string of the molecule is O=C(Cc1ccccc1)N[C@@H]1C(=O)N[C@@H]1SCC(CF)OC(=O)OCC(Cl)(Cl)Cl. The van der Waals surface area contributed by atoms with E-state index in [1.54, 1.807) is 12.1 Å². The highest BCUT2D eigenvalue weighted by molar-refractivity contribution is 8.00. The molecule has 12 heteroatoms. The van der Waals surface area contributed by atoms with Crippen LogP contribution in [0.2, 0.25) is 0 Å². The van der Waals surface area contributed by atoms with Gasteiger partial charge in [0.05, 0.1) is 6.42 Å². The van der Waals surface area contributed by atoms with E-state index in [0.717, 1.165) is 17.3 Å². The Hall–Kier alpha value is -1.42. The monoisotopic (exact) mass is 486 g/mol. The zero-order valence-corrected chi connectivity index (χ0v) is 18.0. The number of halogens is 4. The highest BCUT2D eigenvalue weighted by atomic mass is 35.6. The number of carbonyl (C=O) groups excluding carboxylic acids is 3. The molecule has 2 amide bonds. The third-order valence-corrected chi connectivity index (χ3v) is 5.28. The van der Waals surface area contributed by atoms with Crippen molar-refractivity contribution in [3.05, 3.63) is 35.9 Å². The summed E-state index contributed by atoms with van der Waals surface area (Å²) in [5.74, 6) is -0.631. The van der Waals surface area contributed by atoms with Crippen LogP contribution in [-0.4, -0.2) is 58.3 Å². The molecule has 0 aromatic heterocycles. The molecule has 1 unspecified atom stereocenters. The largest absolute Gasteiger partial charge is 0.508 e. The Kier molecular flexibility index (Phi) is 9.13. The van der Waals surface area contributed by atoms with Gasteiger partial charge in [-0.3, -0.25) is 9.59 Å². The van der Waals surface area contributed by atoms with Gasteiger partial charge in [0.15, 0.2) is 0 Å². The van der Waals surface area contributed by atoms with Crippen molar-refractivity contribution in [2.24, 2.45) is 0 Å². The van der Waals surface area contributed by atoms with Gasteiger partial charge in [0.1, 0.15) is 30.8 Å². The van der Waals surface area contributed by atoms with Crippen LogP contribution in [0.15, 0.2) is 30.3 Å². The lowest BCUT2D eigenvalue weighted by atomic mass is 10.1. The molecule has 0 saturated carbocycles. The van der Waals surface area contributed by atoms with Crippen LogP contribution in [-0.2, 0) is 25.5 Å². The van der Waals surface area contributed by atoms with Crippen molar-refractivity contribution in [3.63, 3.8) is 0 Å². The van der Waals surface area contributed by atoms with E-state index in [0.29, 0.717) is 0 Å². The average Bonchev–Trinajstić information content (AvgIpc) is 2.67. The fourth-order valence-electron chi connectivity index (χ4n) is 2.27. The molecule has 1 heterocycles. The number of nitrogens with one attached hydrogen (secondary N) is 2. The second kappa shape index (κ2) is 11.1. The van der Waals surface area contributed by atoms with E-state index in [1.165, 1.54) is 0 Å². The Bertz CT molecular complexity index is 723. The number of alkyl halides is 4. The van der Waals surface area contributed by atoms with Gasteiger partial charge >= 0.3 is 6.16 Å². The van der Waals surface area contributed by atoms with Crippen molar-refractivity contribution >= 4 is 64.5 Å². The van der Waals surface area contributed by atoms with E-state index in [9.17, 15) is 18.8 Å². The molecule has 7 nitrogen and oxygen atoms in total. The van der Waals surface area contributed by atoms with Gasteiger partial charge in [-0.1, -0.05) is 65.1 Å². The molecule has 1 saturated heterocycles. The van der Waals surface area contributed by atoms with Crippen molar-refractivity contribution in [1.29, 1.82) is 0 Å². The van der Waals surface area contributed by atoms with Crippen molar-refractivity contribution in [3.8, 4) is 0 Å². The lowest BCUT2D eigenvalue weighted by Gasteiger charge is -2.37. The highest BCUT2D eigenvalue weighted by Crippen LogP contribution is 2.26. The summed E-state index contributed by atoms with van der Waals surface area (Å²) < 4.78 is 20.7. The first-order chi connectivity index (χ1) is 13.7. The molecule has 2 N–H and O–H groups in total. The Morgan fingerprint density at radius 3 is 2.55 bits per heavy atom. The molecule has 1 aromatic carbocycles. The molecule has 0 radical (unpaired) electrons. The maximum absolute atomic E-state index is 13.1. The van der Waals surface area contributed by atoms with Crippen LogP contribution in [0.1, 0.15) is 5.56 Å². The van der Waals surface area contributed by atoms with Gasteiger partial charge in [0, 0.05) is 5.75 Å². The number of hydrogen-bond acceptors (Lipinski definition) is 6. The predicted molar refractivity (Wildman–Crippen MR) is 109 cm³/mol. The van der Waals surface area contributed by atoms with Crippen LogP contribution in [0.4, 0.5) is 9.18 Å². The maximum Gasteiger partial charge on any atom is 0.508 e. The minimum atomic E-state index is -1.81. The van der Waals surface area contributed by atoms with Crippen molar-refractivity contribution in [2.75, 3.05) is 19.0 Å². The molecule has 0 bridgehead atoms. The van der Waals surface area contributed by atoms with E-state index in [1.807, 2.05) is 18.2 Å². The lowest BCUT2D eigenvalue weighted by molar-refractivity contribution is -0.134. The summed E-state index contributed by atoms with van der Waals surface area (Å²) in [4.78, 5) is 35.4. The normalized spacial score (nSPS) is 19.5. The zero-order chi connectivity index (χ0) is 21.4. The number of carbonyl (C=O) groups is 3. The molecule has 0 spiro atoms. The summed E-state index contributed by atoms with van der Waals surface area (Å²) >= 11 is 17.5. The summed E-state index contributed by atoms with van der Waals surface area (Å²) in [7, 11) is 0. The molecule has 3 atom stereocenters. The van der Waals surface area contributed by atoms with Gasteiger partial charge in [0.2, 0.25) is 15.6 Å². The van der Waals surface area contributed by atoms with Crippen molar-refractivity contribution in [2.45, 2.75) is 27.7 Å². The minimum absolute atomic E-state index is 0.0232. The molecular formula is C17H18Cl3FN2O5S. The molecule has 1 fully saturated rings.